The SMILES string of the molecule is C[C@H]1Oc2cc(cnc2N)-c2c(c(C(=O)N(C)C)nn2CC2CC2)Cc2cccnc2-c2c(F)cc(F)cc21. The molecule has 4 aromatic rings. The number of benzene rings is 1. The molecule has 1 atom stereocenters. The number of carbonyl (C=O) groups is 1. The van der Waals surface area contributed by atoms with E-state index < -0.39 is 17.7 Å². The molecule has 3 aromatic heterocycles. The van der Waals surface area contributed by atoms with Gasteiger partial charge in [0.15, 0.2) is 17.3 Å². The van der Waals surface area contributed by atoms with Crippen LogP contribution in [0.4, 0.5) is 14.6 Å². The number of hydrogen-bond acceptors (Lipinski definition) is 6. The van der Waals surface area contributed by atoms with Gasteiger partial charge in [0.05, 0.1) is 11.4 Å². The van der Waals surface area contributed by atoms with Crippen molar-refractivity contribution in [2.45, 2.75) is 38.8 Å². The van der Waals surface area contributed by atoms with E-state index in [-0.39, 0.29) is 35.0 Å². The summed E-state index contributed by atoms with van der Waals surface area (Å²) in [4.78, 5) is 23.8. The van der Waals surface area contributed by atoms with Gasteiger partial charge in [-0.15, -0.1) is 0 Å². The summed E-state index contributed by atoms with van der Waals surface area (Å²) in [5.74, 6) is -0.859. The van der Waals surface area contributed by atoms with E-state index in [0.29, 0.717) is 40.5 Å². The highest BCUT2D eigenvalue weighted by molar-refractivity contribution is 5.95. The molecule has 1 aliphatic heterocycles. The molecule has 0 spiro atoms. The first kappa shape index (κ1) is 25.0. The van der Waals surface area contributed by atoms with E-state index >= 15 is 4.39 Å². The highest BCUT2D eigenvalue weighted by Gasteiger charge is 2.32. The molecule has 1 saturated carbocycles. The second kappa shape index (κ2) is 9.44. The summed E-state index contributed by atoms with van der Waals surface area (Å²) in [5, 5.41) is 4.80. The summed E-state index contributed by atoms with van der Waals surface area (Å²) in [7, 11) is 3.36. The molecule has 1 amide bonds. The van der Waals surface area contributed by atoms with Crippen LogP contribution in [-0.4, -0.2) is 44.7 Å². The van der Waals surface area contributed by atoms with E-state index in [2.05, 4.69) is 9.97 Å². The number of aromatic nitrogens is 4. The fourth-order valence-corrected chi connectivity index (χ4v) is 5.14. The molecule has 4 heterocycles. The first-order valence-electron chi connectivity index (χ1n) is 12.9. The van der Waals surface area contributed by atoms with Gasteiger partial charge in [-0.3, -0.25) is 14.5 Å². The summed E-state index contributed by atoms with van der Waals surface area (Å²) in [6, 6.07) is 7.45. The van der Waals surface area contributed by atoms with Crippen molar-refractivity contribution < 1.29 is 18.3 Å². The van der Waals surface area contributed by atoms with Crippen molar-refractivity contribution in [3.63, 3.8) is 0 Å². The van der Waals surface area contributed by atoms with Gasteiger partial charge in [-0.1, -0.05) is 6.07 Å². The Bertz CT molecular complexity index is 1610. The molecule has 1 aliphatic carbocycles. The van der Waals surface area contributed by atoms with E-state index in [9.17, 15) is 9.18 Å². The zero-order valence-corrected chi connectivity index (χ0v) is 21.9. The van der Waals surface area contributed by atoms with Gasteiger partial charge in [-0.05, 0) is 49.4 Å². The van der Waals surface area contributed by atoms with Crippen LogP contribution in [0.15, 0.2) is 42.7 Å². The molecule has 0 saturated heterocycles. The minimum atomic E-state index is -0.777. The topological polar surface area (TPSA) is 99.2 Å². The number of nitrogen functional groups attached to an aromatic ring is 1. The van der Waals surface area contributed by atoms with Crippen LogP contribution in [-0.2, 0) is 13.0 Å². The Morgan fingerprint density at radius 3 is 2.74 bits per heavy atom. The smallest absolute Gasteiger partial charge is 0.274 e. The van der Waals surface area contributed by atoms with E-state index in [4.69, 9.17) is 15.6 Å². The summed E-state index contributed by atoms with van der Waals surface area (Å²) < 4.78 is 38.1. The van der Waals surface area contributed by atoms with E-state index in [1.54, 1.807) is 45.5 Å². The average Bonchev–Trinajstić information content (AvgIpc) is 3.64. The predicted octanol–water partition coefficient (Wildman–Crippen LogP) is 5.02. The average molecular weight is 531 g/mol. The van der Waals surface area contributed by atoms with Gasteiger partial charge in [0.1, 0.15) is 17.7 Å². The largest absolute Gasteiger partial charge is 0.482 e. The van der Waals surface area contributed by atoms with Crippen LogP contribution in [0, 0.1) is 17.6 Å². The molecule has 0 unspecified atom stereocenters. The number of ether oxygens (including phenoxy) is 1. The molecule has 0 radical (unpaired) electrons. The summed E-state index contributed by atoms with van der Waals surface area (Å²) in [6.45, 7) is 2.35. The van der Waals surface area contributed by atoms with Gasteiger partial charge < -0.3 is 15.4 Å². The van der Waals surface area contributed by atoms with Crippen molar-refractivity contribution in [1.82, 2.24) is 24.6 Å². The number of hydrogen-bond donors (Lipinski definition) is 1. The van der Waals surface area contributed by atoms with E-state index in [0.717, 1.165) is 24.6 Å². The van der Waals surface area contributed by atoms with Crippen molar-refractivity contribution in [3.8, 4) is 28.3 Å². The number of rotatable bonds is 3. The zero-order chi connectivity index (χ0) is 27.4. The molecule has 2 N–H and O–H groups in total. The van der Waals surface area contributed by atoms with Crippen molar-refractivity contribution in [2.24, 2.45) is 5.92 Å². The van der Waals surface area contributed by atoms with Crippen LogP contribution in [0.3, 0.4) is 0 Å². The van der Waals surface area contributed by atoms with Crippen LogP contribution in [0.25, 0.3) is 22.5 Å². The molecule has 6 rings (SSSR count). The van der Waals surface area contributed by atoms with Crippen LogP contribution < -0.4 is 10.5 Å². The minimum absolute atomic E-state index is 0.134. The lowest BCUT2D eigenvalue weighted by molar-refractivity contribution is 0.0820. The first-order valence-corrected chi connectivity index (χ1v) is 12.9. The van der Waals surface area contributed by atoms with E-state index in [1.165, 1.54) is 11.0 Å². The number of halogens is 2. The first-order chi connectivity index (χ1) is 18.7. The van der Waals surface area contributed by atoms with Crippen molar-refractivity contribution in [2.75, 3.05) is 19.8 Å². The van der Waals surface area contributed by atoms with Gasteiger partial charge in [0.25, 0.3) is 5.91 Å². The monoisotopic (exact) mass is 530 g/mol. The van der Waals surface area contributed by atoms with Crippen LogP contribution in [0.5, 0.6) is 5.75 Å². The summed E-state index contributed by atoms with van der Waals surface area (Å²) in [5.41, 5.74) is 10.0. The van der Waals surface area contributed by atoms with Gasteiger partial charge in [-0.25, -0.2) is 13.8 Å². The molecule has 1 fully saturated rings. The molecule has 200 valence electrons. The number of carbonyl (C=O) groups excluding carboxylic acids is 1. The number of nitrogens with zero attached hydrogens (tertiary/aromatic N) is 5. The Labute approximate surface area is 224 Å². The number of nitrogens with two attached hydrogens (primary N) is 1. The molecular formula is C29H28F2N6O2. The standard InChI is InChI=1S/C29H28F2N6O2/c1-15-20-11-19(30)12-22(31)24(20)25-17(5-4-8-33-25)9-21-26(29(38)36(2)3)35-37(14-16-6-7-16)27(21)18-10-23(39-15)28(32)34-13-18/h4-5,8,10-13,15-16H,6-7,9,14H2,1-3H3,(H2,32,34)/t15-/m1/s1. The number of amides is 1. The Kier molecular flexibility index (Phi) is 6.05. The zero-order valence-electron chi connectivity index (χ0n) is 21.9. The molecule has 1 aromatic carbocycles. The predicted molar refractivity (Wildman–Crippen MR) is 142 cm³/mol. The Balaban J connectivity index is 1.68. The van der Waals surface area contributed by atoms with Crippen LogP contribution in [0.1, 0.15) is 53.0 Å². The van der Waals surface area contributed by atoms with Crippen molar-refractivity contribution in [3.05, 3.63) is 76.7 Å². The maximum absolute atomic E-state index is 15.5. The third-order valence-corrected chi connectivity index (χ3v) is 7.27. The lowest BCUT2D eigenvalue weighted by Crippen LogP contribution is -2.23. The molecule has 10 heteroatoms. The van der Waals surface area contributed by atoms with Crippen LogP contribution in [0.2, 0.25) is 0 Å². The Hall–Kier alpha value is -4.34. The Morgan fingerprint density at radius 1 is 1.21 bits per heavy atom. The van der Waals surface area contributed by atoms with Gasteiger partial charge in [-0.2, -0.15) is 5.10 Å². The number of pyridine rings is 2. The molecule has 39 heavy (non-hydrogen) atoms. The third kappa shape index (κ3) is 4.49. The highest BCUT2D eigenvalue weighted by Crippen LogP contribution is 2.41. The lowest BCUT2D eigenvalue weighted by Gasteiger charge is -2.22. The van der Waals surface area contributed by atoms with Gasteiger partial charge in [0.2, 0.25) is 0 Å². The van der Waals surface area contributed by atoms with E-state index in [1.807, 2.05) is 10.7 Å². The normalized spacial score (nSPS) is 16.2. The lowest BCUT2D eigenvalue weighted by atomic mass is 9.92. The fourth-order valence-electron chi connectivity index (χ4n) is 5.14. The summed E-state index contributed by atoms with van der Waals surface area (Å²) in [6.07, 6.45) is 4.86. The maximum atomic E-state index is 15.5. The molecular weight excluding hydrogens is 502 g/mol. The van der Waals surface area contributed by atoms with Crippen molar-refractivity contribution in [1.29, 1.82) is 0 Å². The molecule has 2 bridgehead atoms. The second-order valence-corrected chi connectivity index (χ2v) is 10.4. The quantitative estimate of drug-likeness (QED) is 0.399. The van der Waals surface area contributed by atoms with Gasteiger partial charge >= 0.3 is 0 Å². The molecule has 2 aliphatic rings. The second-order valence-electron chi connectivity index (χ2n) is 10.4. The fraction of sp³-hybridized carbons (Fsp3) is 0.310. The third-order valence-electron chi connectivity index (χ3n) is 7.27. The number of fused-ring (bicyclic) bond motifs is 7. The highest BCUT2D eigenvalue weighted by atomic mass is 19.1. The van der Waals surface area contributed by atoms with Gasteiger partial charge in [0, 0.05) is 67.8 Å². The minimum Gasteiger partial charge on any atom is -0.482 e. The maximum Gasteiger partial charge on any atom is 0.274 e. The van der Waals surface area contributed by atoms with Crippen LogP contribution >= 0.6 is 0 Å². The Morgan fingerprint density at radius 2 is 2.00 bits per heavy atom. The summed E-state index contributed by atoms with van der Waals surface area (Å²) >= 11 is 0. The molecule has 8 nitrogen and oxygen atoms in total. The number of anilines is 1. The van der Waals surface area contributed by atoms with Crippen molar-refractivity contribution >= 4 is 11.7 Å².